The Kier molecular flexibility index (Phi) is 7.33. The van der Waals surface area contributed by atoms with Gasteiger partial charge in [0.15, 0.2) is 0 Å². The van der Waals surface area contributed by atoms with E-state index in [0.717, 1.165) is 9.87 Å². The lowest BCUT2D eigenvalue weighted by molar-refractivity contribution is -0.119. The van der Waals surface area contributed by atoms with Crippen LogP contribution in [0.2, 0.25) is 10.0 Å². The van der Waals surface area contributed by atoms with Crippen molar-refractivity contribution < 1.29 is 13.2 Å². The SMILES string of the molecule is Cc1ccc(N(CC(=O)N/N=C/c2ccc(Cl)c(Cl)c2)S(=O)(=O)c2ccccc2)cc1. The molecule has 0 heterocycles. The summed E-state index contributed by atoms with van der Waals surface area (Å²) < 4.78 is 27.4. The van der Waals surface area contributed by atoms with Crippen molar-refractivity contribution in [2.24, 2.45) is 5.10 Å². The molecule has 0 saturated heterocycles. The number of hydrogen-bond acceptors (Lipinski definition) is 4. The maximum Gasteiger partial charge on any atom is 0.264 e. The van der Waals surface area contributed by atoms with Crippen LogP contribution in [0.5, 0.6) is 0 Å². The maximum atomic E-state index is 13.2. The molecule has 6 nitrogen and oxygen atoms in total. The van der Waals surface area contributed by atoms with Crippen molar-refractivity contribution in [3.63, 3.8) is 0 Å². The molecular formula is C22H19Cl2N3O3S. The number of nitrogens with zero attached hydrogens (tertiary/aromatic N) is 2. The van der Waals surface area contributed by atoms with Crippen LogP contribution in [0.25, 0.3) is 0 Å². The Hall–Kier alpha value is -2.87. The largest absolute Gasteiger partial charge is 0.271 e. The van der Waals surface area contributed by atoms with Gasteiger partial charge in [0, 0.05) is 0 Å². The van der Waals surface area contributed by atoms with Crippen molar-refractivity contribution in [1.29, 1.82) is 0 Å². The molecule has 31 heavy (non-hydrogen) atoms. The smallest absolute Gasteiger partial charge is 0.264 e. The zero-order valence-electron chi connectivity index (χ0n) is 16.5. The molecule has 1 amide bonds. The van der Waals surface area contributed by atoms with Gasteiger partial charge in [-0.3, -0.25) is 9.10 Å². The molecule has 0 aliphatic carbocycles. The predicted molar refractivity (Wildman–Crippen MR) is 124 cm³/mol. The Bertz CT molecular complexity index is 1200. The van der Waals surface area contributed by atoms with Crippen LogP contribution in [0.15, 0.2) is 82.8 Å². The first-order chi connectivity index (χ1) is 14.8. The summed E-state index contributed by atoms with van der Waals surface area (Å²) >= 11 is 11.8. The summed E-state index contributed by atoms with van der Waals surface area (Å²) in [5, 5.41) is 4.64. The van der Waals surface area contributed by atoms with Gasteiger partial charge in [-0.2, -0.15) is 5.10 Å². The second-order valence-electron chi connectivity index (χ2n) is 6.63. The van der Waals surface area contributed by atoms with Crippen LogP contribution < -0.4 is 9.73 Å². The highest BCUT2D eigenvalue weighted by molar-refractivity contribution is 7.92. The van der Waals surface area contributed by atoms with Crippen LogP contribution >= 0.6 is 23.2 Å². The zero-order valence-corrected chi connectivity index (χ0v) is 18.8. The molecule has 0 aliphatic heterocycles. The number of halogens is 2. The van der Waals surface area contributed by atoms with Gasteiger partial charge in [0.1, 0.15) is 6.54 Å². The number of amides is 1. The molecule has 0 aliphatic rings. The number of carbonyl (C=O) groups is 1. The van der Waals surface area contributed by atoms with E-state index in [1.54, 1.807) is 60.7 Å². The van der Waals surface area contributed by atoms with Gasteiger partial charge in [-0.25, -0.2) is 13.8 Å². The Morgan fingerprint density at radius 3 is 2.32 bits per heavy atom. The average molecular weight is 476 g/mol. The number of hydrogen-bond donors (Lipinski definition) is 1. The third-order valence-corrected chi connectivity index (χ3v) is 6.81. The number of carbonyl (C=O) groups excluding carboxylic acids is 1. The Balaban J connectivity index is 1.81. The van der Waals surface area contributed by atoms with Gasteiger partial charge in [0.05, 0.1) is 26.8 Å². The van der Waals surface area contributed by atoms with Gasteiger partial charge in [-0.1, -0.05) is 65.2 Å². The third-order valence-electron chi connectivity index (χ3n) is 4.29. The van der Waals surface area contributed by atoms with Crippen molar-refractivity contribution in [3.05, 3.63) is 94.0 Å². The van der Waals surface area contributed by atoms with Crippen molar-refractivity contribution in [3.8, 4) is 0 Å². The van der Waals surface area contributed by atoms with Crippen molar-refractivity contribution >= 4 is 51.0 Å². The van der Waals surface area contributed by atoms with Gasteiger partial charge in [0.25, 0.3) is 15.9 Å². The number of hydrazone groups is 1. The fraction of sp³-hybridized carbons (Fsp3) is 0.0909. The lowest BCUT2D eigenvalue weighted by Gasteiger charge is -2.23. The molecule has 9 heteroatoms. The van der Waals surface area contributed by atoms with Crippen LogP contribution in [-0.2, 0) is 14.8 Å². The predicted octanol–water partition coefficient (Wildman–Crippen LogP) is 4.65. The fourth-order valence-electron chi connectivity index (χ4n) is 2.68. The molecule has 0 saturated carbocycles. The number of nitrogens with one attached hydrogen (secondary N) is 1. The summed E-state index contributed by atoms with van der Waals surface area (Å²) in [7, 11) is -3.96. The number of rotatable bonds is 7. The minimum atomic E-state index is -3.96. The maximum absolute atomic E-state index is 13.2. The quantitative estimate of drug-likeness (QED) is 0.399. The van der Waals surface area contributed by atoms with Gasteiger partial charge in [0.2, 0.25) is 0 Å². The molecule has 0 radical (unpaired) electrons. The average Bonchev–Trinajstić information content (AvgIpc) is 2.76. The first-order valence-corrected chi connectivity index (χ1v) is 11.4. The van der Waals surface area contributed by atoms with E-state index in [1.165, 1.54) is 18.3 Å². The molecule has 0 bridgehead atoms. The Labute approximate surface area is 191 Å². The zero-order chi connectivity index (χ0) is 22.4. The number of aryl methyl sites for hydroxylation is 1. The van der Waals surface area contributed by atoms with Crippen LogP contribution in [0.1, 0.15) is 11.1 Å². The van der Waals surface area contributed by atoms with E-state index >= 15 is 0 Å². The normalized spacial score (nSPS) is 11.5. The van der Waals surface area contributed by atoms with E-state index in [1.807, 2.05) is 6.92 Å². The van der Waals surface area contributed by atoms with Crippen LogP contribution in [0, 0.1) is 6.92 Å². The van der Waals surface area contributed by atoms with E-state index in [9.17, 15) is 13.2 Å². The topological polar surface area (TPSA) is 78.8 Å². The molecule has 160 valence electrons. The summed E-state index contributed by atoms with van der Waals surface area (Å²) in [6.45, 7) is 1.45. The molecule has 0 aromatic heterocycles. The summed E-state index contributed by atoms with van der Waals surface area (Å²) in [6.07, 6.45) is 1.39. The minimum absolute atomic E-state index is 0.0858. The van der Waals surface area contributed by atoms with E-state index < -0.39 is 22.5 Å². The first-order valence-electron chi connectivity index (χ1n) is 9.19. The Morgan fingerprint density at radius 2 is 1.68 bits per heavy atom. The summed E-state index contributed by atoms with van der Waals surface area (Å²) in [5.41, 5.74) is 4.32. The first kappa shape index (κ1) is 22.8. The number of sulfonamides is 1. The molecule has 3 aromatic carbocycles. The molecule has 0 fully saturated rings. The van der Waals surface area contributed by atoms with Crippen LogP contribution in [0.4, 0.5) is 5.69 Å². The standard InChI is InChI=1S/C22H19Cl2N3O3S/c1-16-7-10-18(11-8-16)27(31(29,30)19-5-3-2-4-6-19)15-22(28)26-25-14-17-9-12-20(23)21(24)13-17/h2-14H,15H2,1H3,(H,26,28)/b25-14+. The monoisotopic (exact) mass is 475 g/mol. The van der Waals surface area contributed by atoms with Crippen LogP contribution in [0.3, 0.4) is 0 Å². The number of benzene rings is 3. The highest BCUT2D eigenvalue weighted by atomic mass is 35.5. The highest BCUT2D eigenvalue weighted by Gasteiger charge is 2.26. The molecule has 1 N–H and O–H groups in total. The second-order valence-corrected chi connectivity index (χ2v) is 9.30. The van der Waals surface area contributed by atoms with Crippen molar-refractivity contribution in [2.75, 3.05) is 10.8 Å². The summed E-state index contributed by atoms with van der Waals surface area (Å²) in [6, 6.07) is 19.7. The lowest BCUT2D eigenvalue weighted by atomic mass is 10.2. The summed E-state index contributed by atoms with van der Waals surface area (Å²) in [4.78, 5) is 12.6. The molecule has 0 atom stereocenters. The second kappa shape index (κ2) is 9.96. The van der Waals surface area contributed by atoms with E-state index in [2.05, 4.69) is 10.5 Å². The Morgan fingerprint density at radius 1 is 1.00 bits per heavy atom. The molecule has 0 unspecified atom stereocenters. The van der Waals surface area contributed by atoms with E-state index in [-0.39, 0.29) is 4.90 Å². The molecule has 3 rings (SSSR count). The minimum Gasteiger partial charge on any atom is -0.271 e. The van der Waals surface area contributed by atoms with Crippen LogP contribution in [-0.4, -0.2) is 27.1 Å². The molecule has 0 spiro atoms. The van der Waals surface area contributed by atoms with E-state index in [4.69, 9.17) is 23.2 Å². The molecular weight excluding hydrogens is 457 g/mol. The van der Waals surface area contributed by atoms with Gasteiger partial charge < -0.3 is 0 Å². The molecule has 3 aromatic rings. The van der Waals surface area contributed by atoms with E-state index in [0.29, 0.717) is 21.3 Å². The summed E-state index contributed by atoms with van der Waals surface area (Å²) in [5.74, 6) is -0.601. The van der Waals surface area contributed by atoms with Gasteiger partial charge >= 0.3 is 0 Å². The highest BCUT2D eigenvalue weighted by Crippen LogP contribution is 2.24. The van der Waals surface area contributed by atoms with Crippen molar-refractivity contribution in [1.82, 2.24) is 5.43 Å². The fourth-order valence-corrected chi connectivity index (χ4v) is 4.43. The number of anilines is 1. The van der Waals surface area contributed by atoms with Crippen molar-refractivity contribution in [2.45, 2.75) is 11.8 Å². The van der Waals surface area contributed by atoms with Gasteiger partial charge in [-0.05, 0) is 48.9 Å². The van der Waals surface area contributed by atoms with Gasteiger partial charge in [-0.15, -0.1) is 0 Å². The lowest BCUT2D eigenvalue weighted by Crippen LogP contribution is -2.39. The third kappa shape index (κ3) is 5.85.